The third kappa shape index (κ3) is 3.76. The van der Waals surface area contributed by atoms with Crippen LogP contribution in [0.1, 0.15) is 31.2 Å². The summed E-state index contributed by atoms with van der Waals surface area (Å²) < 4.78 is 5.43. The van der Waals surface area contributed by atoms with E-state index < -0.39 is 0 Å². The van der Waals surface area contributed by atoms with Crippen LogP contribution >= 0.6 is 0 Å². The second-order valence-electron chi connectivity index (χ2n) is 6.21. The molecule has 0 bridgehead atoms. The Hall–Kier alpha value is -1.55. The highest BCUT2D eigenvalue weighted by molar-refractivity contribution is 5.77. The first kappa shape index (κ1) is 14.4. The standard InChI is InChI=1S/C17H24N2O2/c18-16-4-2-1-3-14(16)5-8-17(20)19(15-6-7-15)11-13-9-10-21-12-13/h1-4,13,15H,5-12,18H2. The van der Waals surface area contributed by atoms with Crippen LogP contribution in [0.3, 0.4) is 0 Å². The SMILES string of the molecule is Nc1ccccc1CCC(=O)N(CC1CCOC1)C1CC1. The maximum Gasteiger partial charge on any atom is 0.223 e. The van der Waals surface area contributed by atoms with Gasteiger partial charge in [0.05, 0.1) is 6.61 Å². The number of aryl methyl sites for hydroxylation is 1. The molecule has 1 aliphatic heterocycles. The van der Waals surface area contributed by atoms with Crippen molar-refractivity contribution in [1.29, 1.82) is 0 Å². The van der Waals surface area contributed by atoms with Crippen LogP contribution in [0.15, 0.2) is 24.3 Å². The highest BCUT2D eigenvalue weighted by atomic mass is 16.5. The molecule has 0 aromatic heterocycles. The van der Waals surface area contributed by atoms with Gasteiger partial charge in [-0.2, -0.15) is 0 Å². The zero-order chi connectivity index (χ0) is 14.7. The van der Waals surface area contributed by atoms with Crippen LogP contribution in [-0.2, 0) is 16.0 Å². The number of hydrogen-bond acceptors (Lipinski definition) is 3. The number of amides is 1. The lowest BCUT2D eigenvalue weighted by Gasteiger charge is -2.25. The van der Waals surface area contributed by atoms with Crippen LogP contribution in [0.5, 0.6) is 0 Å². The minimum Gasteiger partial charge on any atom is -0.399 e. The Kier molecular flexibility index (Phi) is 4.44. The number of nitrogen functional groups attached to an aromatic ring is 1. The largest absolute Gasteiger partial charge is 0.399 e. The van der Waals surface area contributed by atoms with Crippen LogP contribution in [0.2, 0.25) is 0 Å². The maximum atomic E-state index is 12.5. The number of carbonyl (C=O) groups excluding carboxylic acids is 1. The molecule has 0 radical (unpaired) electrons. The highest BCUT2D eigenvalue weighted by Gasteiger charge is 2.34. The van der Waals surface area contributed by atoms with Crippen LogP contribution in [0.25, 0.3) is 0 Å². The van der Waals surface area contributed by atoms with Gasteiger partial charge in [-0.3, -0.25) is 4.79 Å². The summed E-state index contributed by atoms with van der Waals surface area (Å²) in [6.45, 7) is 2.52. The van der Waals surface area contributed by atoms with E-state index in [1.165, 1.54) is 0 Å². The van der Waals surface area contributed by atoms with Crippen molar-refractivity contribution in [3.63, 3.8) is 0 Å². The van der Waals surface area contributed by atoms with Gasteiger partial charge in [-0.15, -0.1) is 0 Å². The van der Waals surface area contributed by atoms with Gasteiger partial charge in [0.1, 0.15) is 0 Å². The van der Waals surface area contributed by atoms with Crippen molar-refractivity contribution in [2.75, 3.05) is 25.5 Å². The Balaban J connectivity index is 1.55. The molecule has 2 aliphatic rings. The van der Waals surface area contributed by atoms with E-state index in [0.29, 0.717) is 18.4 Å². The fraction of sp³-hybridized carbons (Fsp3) is 0.588. The lowest BCUT2D eigenvalue weighted by atomic mass is 10.1. The van der Waals surface area contributed by atoms with E-state index in [-0.39, 0.29) is 5.91 Å². The van der Waals surface area contributed by atoms with Gasteiger partial charge in [-0.25, -0.2) is 0 Å². The summed E-state index contributed by atoms with van der Waals surface area (Å²) >= 11 is 0. The number of para-hydroxylation sites is 1. The molecule has 1 saturated heterocycles. The number of carbonyl (C=O) groups is 1. The van der Waals surface area contributed by atoms with Gasteiger partial charge in [0.15, 0.2) is 0 Å². The molecule has 1 aliphatic carbocycles. The van der Waals surface area contributed by atoms with Crippen LogP contribution < -0.4 is 5.73 Å². The Labute approximate surface area is 126 Å². The maximum absolute atomic E-state index is 12.5. The van der Waals surface area contributed by atoms with Gasteiger partial charge < -0.3 is 15.4 Å². The van der Waals surface area contributed by atoms with Crippen molar-refractivity contribution in [3.8, 4) is 0 Å². The lowest BCUT2D eigenvalue weighted by Crippen LogP contribution is -2.37. The monoisotopic (exact) mass is 288 g/mol. The van der Waals surface area contributed by atoms with Gasteiger partial charge in [-0.1, -0.05) is 18.2 Å². The van der Waals surface area contributed by atoms with Crippen molar-refractivity contribution in [2.45, 2.75) is 38.1 Å². The Bertz CT molecular complexity index is 493. The fourth-order valence-electron chi connectivity index (χ4n) is 2.99. The molecular weight excluding hydrogens is 264 g/mol. The topological polar surface area (TPSA) is 55.6 Å². The molecule has 1 saturated carbocycles. The second kappa shape index (κ2) is 6.48. The average Bonchev–Trinajstić information content (AvgIpc) is 3.20. The number of benzene rings is 1. The minimum absolute atomic E-state index is 0.271. The summed E-state index contributed by atoms with van der Waals surface area (Å²) in [6, 6.07) is 8.29. The molecule has 21 heavy (non-hydrogen) atoms. The predicted octanol–water partition coefficient (Wildman–Crippen LogP) is 2.23. The minimum atomic E-state index is 0.271. The first-order chi connectivity index (χ1) is 10.2. The van der Waals surface area contributed by atoms with E-state index in [4.69, 9.17) is 10.5 Å². The Morgan fingerprint density at radius 2 is 2.10 bits per heavy atom. The van der Waals surface area contributed by atoms with E-state index in [0.717, 1.165) is 56.7 Å². The molecule has 2 fully saturated rings. The van der Waals surface area contributed by atoms with E-state index in [1.54, 1.807) is 0 Å². The van der Waals surface area contributed by atoms with Crippen molar-refractivity contribution < 1.29 is 9.53 Å². The predicted molar refractivity (Wildman–Crippen MR) is 82.8 cm³/mol. The van der Waals surface area contributed by atoms with Crippen molar-refractivity contribution in [3.05, 3.63) is 29.8 Å². The number of anilines is 1. The molecule has 3 rings (SSSR count). The summed E-state index contributed by atoms with van der Waals surface area (Å²) in [5.74, 6) is 0.795. The Morgan fingerprint density at radius 1 is 1.29 bits per heavy atom. The summed E-state index contributed by atoms with van der Waals surface area (Å²) in [4.78, 5) is 14.6. The molecule has 1 aromatic rings. The summed E-state index contributed by atoms with van der Waals surface area (Å²) in [6.07, 6.45) is 4.69. The van der Waals surface area contributed by atoms with Gasteiger partial charge >= 0.3 is 0 Å². The molecule has 2 N–H and O–H groups in total. The number of hydrogen-bond donors (Lipinski definition) is 1. The van der Waals surface area contributed by atoms with E-state index in [1.807, 2.05) is 24.3 Å². The molecule has 1 heterocycles. The molecule has 1 atom stereocenters. The molecule has 1 amide bonds. The molecule has 0 spiro atoms. The van der Waals surface area contributed by atoms with Crippen LogP contribution in [-0.4, -0.2) is 36.6 Å². The summed E-state index contributed by atoms with van der Waals surface area (Å²) in [7, 11) is 0. The molecule has 1 unspecified atom stereocenters. The first-order valence-electron chi connectivity index (χ1n) is 7.94. The van der Waals surface area contributed by atoms with Crippen LogP contribution in [0, 0.1) is 5.92 Å². The summed E-state index contributed by atoms with van der Waals surface area (Å²) in [5.41, 5.74) is 7.81. The molecular formula is C17H24N2O2. The number of rotatable bonds is 6. The number of nitrogens with two attached hydrogens (primary N) is 1. The third-order valence-electron chi connectivity index (χ3n) is 4.45. The Morgan fingerprint density at radius 3 is 2.76 bits per heavy atom. The average molecular weight is 288 g/mol. The van der Waals surface area contributed by atoms with Gasteiger partial charge in [0.2, 0.25) is 5.91 Å². The zero-order valence-corrected chi connectivity index (χ0v) is 12.5. The van der Waals surface area contributed by atoms with Crippen molar-refractivity contribution in [1.82, 2.24) is 4.90 Å². The van der Waals surface area contributed by atoms with Gasteiger partial charge in [0.25, 0.3) is 0 Å². The highest BCUT2D eigenvalue weighted by Crippen LogP contribution is 2.30. The molecule has 114 valence electrons. The summed E-state index contributed by atoms with van der Waals surface area (Å²) in [5, 5.41) is 0. The number of ether oxygens (including phenoxy) is 1. The zero-order valence-electron chi connectivity index (χ0n) is 12.5. The second-order valence-corrected chi connectivity index (χ2v) is 6.21. The molecule has 4 nitrogen and oxygen atoms in total. The third-order valence-corrected chi connectivity index (χ3v) is 4.45. The molecule has 1 aromatic carbocycles. The number of nitrogens with zero attached hydrogens (tertiary/aromatic N) is 1. The molecule has 4 heteroatoms. The van der Waals surface area contributed by atoms with Gasteiger partial charge in [0, 0.05) is 37.2 Å². The van der Waals surface area contributed by atoms with E-state index >= 15 is 0 Å². The lowest BCUT2D eigenvalue weighted by molar-refractivity contribution is -0.132. The van der Waals surface area contributed by atoms with Crippen LogP contribution in [0.4, 0.5) is 5.69 Å². The fourth-order valence-corrected chi connectivity index (χ4v) is 2.99. The smallest absolute Gasteiger partial charge is 0.223 e. The quantitative estimate of drug-likeness (QED) is 0.817. The van der Waals surface area contributed by atoms with Crippen molar-refractivity contribution in [2.24, 2.45) is 5.92 Å². The normalized spacial score (nSPS) is 21.4. The van der Waals surface area contributed by atoms with E-state index in [9.17, 15) is 4.79 Å². The first-order valence-corrected chi connectivity index (χ1v) is 7.94. The van der Waals surface area contributed by atoms with Gasteiger partial charge in [-0.05, 0) is 37.3 Å². The van der Waals surface area contributed by atoms with Crippen molar-refractivity contribution >= 4 is 11.6 Å². The van der Waals surface area contributed by atoms with E-state index in [2.05, 4.69) is 4.90 Å².